The summed E-state index contributed by atoms with van der Waals surface area (Å²) in [5.74, 6) is -2.59. The van der Waals surface area contributed by atoms with E-state index in [1.807, 2.05) is 12.1 Å². The van der Waals surface area contributed by atoms with Gasteiger partial charge in [-0.3, -0.25) is 4.79 Å². The molecule has 1 aromatic carbocycles. The molecule has 0 aliphatic heterocycles. The lowest BCUT2D eigenvalue weighted by molar-refractivity contribution is -0.141. The summed E-state index contributed by atoms with van der Waals surface area (Å²) in [5, 5.41) is 6.57. The Bertz CT molecular complexity index is 1150. The summed E-state index contributed by atoms with van der Waals surface area (Å²) in [6, 6.07) is 7.25. The first-order valence-electron chi connectivity index (χ1n) is 10.8. The van der Waals surface area contributed by atoms with E-state index < -0.39 is 46.2 Å². The number of nitrogens with two attached hydrogens (primary N) is 2. The Morgan fingerprint density at radius 3 is 2.43 bits per heavy atom. The second-order valence-electron chi connectivity index (χ2n) is 8.35. The number of nitrogens with one attached hydrogen (secondary N) is 1. The molecular formula is C23H25ClF4N6O. The highest BCUT2D eigenvalue weighted by Crippen LogP contribution is 2.39. The molecule has 1 saturated carbocycles. The third-order valence-corrected chi connectivity index (χ3v) is 6.19. The minimum Gasteiger partial charge on any atom is -0.397 e. The van der Waals surface area contributed by atoms with E-state index in [1.165, 1.54) is 0 Å². The Labute approximate surface area is 204 Å². The topological polar surface area (TPSA) is 111 Å². The number of allylic oxidation sites excluding steroid dienone is 1. The van der Waals surface area contributed by atoms with E-state index in [9.17, 15) is 22.4 Å². The first-order valence-corrected chi connectivity index (χ1v) is 11.2. The van der Waals surface area contributed by atoms with Crippen LogP contribution in [0.15, 0.2) is 59.8 Å². The zero-order valence-corrected chi connectivity index (χ0v) is 19.5. The standard InChI is InChI=1S/C23H25ClF4N6O/c1-14(29)18(25)11-31-21(30)34-12-17(19(33-34)23(26,27)28)20(35)32-13-22(9-3-2-4-10-22)15-5-7-16(24)8-6-15/h5-8,11-12H,1-4,9-10,13,29H2,(H2,30,31)(H,32,35)/b18-11+. The fraction of sp³-hybridized carbons (Fsp3) is 0.348. The number of nitrogens with zero attached hydrogens (tertiary/aromatic N) is 3. The van der Waals surface area contributed by atoms with Crippen molar-refractivity contribution < 1.29 is 22.4 Å². The van der Waals surface area contributed by atoms with Gasteiger partial charge in [-0.15, -0.1) is 0 Å². The fourth-order valence-electron chi connectivity index (χ4n) is 4.08. The van der Waals surface area contributed by atoms with Crippen molar-refractivity contribution >= 4 is 23.5 Å². The van der Waals surface area contributed by atoms with Gasteiger partial charge in [-0.1, -0.05) is 49.6 Å². The molecule has 35 heavy (non-hydrogen) atoms. The smallest absolute Gasteiger partial charge is 0.397 e. The first-order chi connectivity index (χ1) is 16.4. The van der Waals surface area contributed by atoms with Crippen molar-refractivity contribution in [3.8, 4) is 0 Å². The Balaban J connectivity index is 1.88. The lowest BCUT2D eigenvalue weighted by atomic mass is 9.69. The molecule has 1 aromatic heterocycles. The zero-order valence-electron chi connectivity index (χ0n) is 18.7. The van der Waals surface area contributed by atoms with Gasteiger partial charge in [0.1, 0.15) is 0 Å². The van der Waals surface area contributed by atoms with Crippen LogP contribution in [-0.4, -0.2) is 28.2 Å². The molecule has 1 fully saturated rings. The second kappa shape index (κ2) is 10.5. The molecule has 12 heteroatoms. The average Bonchev–Trinajstić information content (AvgIpc) is 3.28. The van der Waals surface area contributed by atoms with E-state index in [1.54, 1.807) is 12.1 Å². The highest BCUT2D eigenvalue weighted by atomic mass is 35.5. The summed E-state index contributed by atoms with van der Waals surface area (Å²) in [5.41, 5.74) is 8.71. The second-order valence-corrected chi connectivity index (χ2v) is 8.79. The van der Waals surface area contributed by atoms with Crippen LogP contribution in [0.2, 0.25) is 5.02 Å². The number of aromatic nitrogens is 2. The molecule has 0 atom stereocenters. The van der Waals surface area contributed by atoms with Crippen molar-refractivity contribution in [2.75, 3.05) is 6.54 Å². The van der Waals surface area contributed by atoms with Crippen molar-refractivity contribution in [3.05, 3.63) is 76.6 Å². The number of aliphatic imine (C=N–C) groups is 1. The predicted molar refractivity (Wildman–Crippen MR) is 125 cm³/mol. The molecule has 1 aliphatic rings. The van der Waals surface area contributed by atoms with Crippen LogP contribution in [0.25, 0.3) is 0 Å². The highest BCUT2D eigenvalue weighted by Gasteiger charge is 2.40. The van der Waals surface area contributed by atoms with Crippen LogP contribution >= 0.6 is 11.6 Å². The van der Waals surface area contributed by atoms with Gasteiger partial charge in [0.25, 0.3) is 5.91 Å². The highest BCUT2D eigenvalue weighted by molar-refractivity contribution is 6.30. The summed E-state index contributed by atoms with van der Waals surface area (Å²) in [4.78, 5) is 16.4. The van der Waals surface area contributed by atoms with Crippen LogP contribution in [0.5, 0.6) is 0 Å². The maximum atomic E-state index is 13.6. The Morgan fingerprint density at radius 1 is 1.23 bits per heavy atom. The Morgan fingerprint density at radius 2 is 1.86 bits per heavy atom. The molecule has 2 aromatic rings. The van der Waals surface area contributed by atoms with Crippen LogP contribution in [0.3, 0.4) is 0 Å². The third-order valence-electron chi connectivity index (χ3n) is 5.93. The molecule has 1 aliphatic carbocycles. The summed E-state index contributed by atoms with van der Waals surface area (Å²) < 4.78 is 54.9. The number of amides is 1. The quantitative estimate of drug-likeness (QED) is 0.227. The molecule has 0 radical (unpaired) electrons. The number of carbonyl (C=O) groups is 1. The first kappa shape index (κ1) is 26.3. The van der Waals surface area contributed by atoms with Gasteiger partial charge in [0.15, 0.2) is 11.5 Å². The molecule has 3 rings (SSSR count). The maximum Gasteiger partial charge on any atom is 0.435 e. The van der Waals surface area contributed by atoms with Crippen molar-refractivity contribution in [1.29, 1.82) is 0 Å². The number of halogens is 5. The number of alkyl halides is 3. The van der Waals surface area contributed by atoms with Gasteiger partial charge >= 0.3 is 6.18 Å². The number of benzene rings is 1. The summed E-state index contributed by atoms with van der Waals surface area (Å²) >= 11 is 6.01. The normalized spacial score (nSPS) is 16.7. The fourth-order valence-corrected chi connectivity index (χ4v) is 4.20. The van der Waals surface area contributed by atoms with Gasteiger partial charge < -0.3 is 16.8 Å². The van der Waals surface area contributed by atoms with E-state index in [4.69, 9.17) is 23.1 Å². The van der Waals surface area contributed by atoms with Gasteiger partial charge in [0.05, 0.1) is 17.5 Å². The lowest BCUT2D eigenvalue weighted by Gasteiger charge is -2.38. The molecule has 0 saturated heterocycles. The van der Waals surface area contributed by atoms with Gasteiger partial charge in [0.2, 0.25) is 5.96 Å². The maximum absolute atomic E-state index is 13.6. The van der Waals surface area contributed by atoms with E-state index in [0.717, 1.165) is 43.9 Å². The summed E-state index contributed by atoms with van der Waals surface area (Å²) in [6.07, 6.45) is 0.881. The van der Waals surface area contributed by atoms with Gasteiger partial charge in [0, 0.05) is 23.2 Å². The third kappa shape index (κ3) is 6.21. The lowest BCUT2D eigenvalue weighted by Crippen LogP contribution is -2.42. The minimum atomic E-state index is -4.94. The number of hydrogen-bond acceptors (Lipinski definition) is 4. The number of carbonyl (C=O) groups excluding carboxylic acids is 1. The molecule has 1 heterocycles. The summed E-state index contributed by atoms with van der Waals surface area (Å²) in [6.45, 7) is 3.29. The van der Waals surface area contributed by atoms with Gasteiger partial charge in [-0.25, -0.2) is 14.1 Å². The van der Waals surface area contributed by atoms with Crippen molar-refractivity contribution in [2.45, 2.75) is 43.7 Å². The molecule has 7 nitrogen and oxygen atoms in total. The van der Waals surface area contributed by atoms with E-state index >= 15 is 0 Å². The van der Waals surface area contributed by atoms with Gasteiger partial charge in [-0.05, 0) is 30.5 Å². The SMILES string of the molecule is C=C(N)/C(F)=C\N=C(/N)n1cc(C(=O)NCC2(c3ccc(Cl)cc3)CCCCC2)c(C(F)(F)F)n1. The minimum absolute atomic E-state index is 0.131. The Kier molecular flexibility index (Phi) is 7.89. The van der Waals surface area contributed by atoms with Crippen LogP contribution in [0, 0.1) is 0 Å². The van der Waals surface area contributed by atoms with Gasteiger partial charge in [-0.2, -0.15) is 18.3 Å². The van der Waals surface area contributed by atoms with Crippen LogP contribution < -0.4 is 16.8 Å². The number of rotatable bonds is 6. The van der Waals surface area contributed by atoms with Crippen LogP contribution in [0.1, 0.15) is 53.7 Å². The Hall–Kier alpha value is -3.34. The number of hydrogen-bond donors (Lipinski definition) is 3. The average molecular weight is 513 g/mol. The molecule has 0 bridgehead atoms. The zero-order chi connectivity index (χ0) is 25.8. The van der Waals surface area contributed by atoms with Crippen molar-refractivity contribution in [3.63, 3.8) is 0 Å². The van der Waals surface area contributed by atoms with Crippen molar-refractivity contribution in [2.24, 2.45) is 16.5 Å². The van der Waals surface area contributed by atoms with Crippen LogP contribution in [-0.2, 0) is 11.6 Å². The van der Waals surface area contributed by atoms with E-state index in [2.05, 4.69) is 22.0 Å². The molecule has 0 unspecified atom stereocenters. The van der Waals surface area contributed by atoms with E-state index in [0.29, 0.717) is 15.9 Å². The monoisotopic (exact) mass is 512 g/mol. The predicted octanol–water partition coefficient (Wildman–Crippen LogP) is 4.63. The largest absolute Gasteiger partial charge is 0.435 e. The molecule has 1 amide bonds. The molecular weight excluding hydrogens is 488 g/mol. The van der Waals surface area contributed by atoms with E-state index in [-0.39, 0.29) is 6.54 Å². The van der Waals surface area contributed by atoms with Crippen LogP contribution in [0.4, 0.5) is 17.6 Å². The molecule has 5 N–H and O–H groups in total. The summed E-state index contributed by atoms with van der Waals surface area (Å²) in [7, 11) is 0. The molecule has 0 spiro atoms. The van der Waals surface area contributed by atoms with Crippen molar-refractivity contribution in [1.82, 2.24) is 15.1 Å². The molecule has 188 valence electrons.